The smallest absolute Gasteiger partial charge is 0.280 e. The number of rotatable bonds is 6. The van der Waals surface area contributed by atoms with E-state index in [9.17, 15) is 4.79 Å². The number of allylic oxidation sites excluding steroid dienone is 1. The first kappa shape index (κ1) is 15.5. The van der Waals surface area contributed by atoms with Gasteiger partial charge in [0.25, 0.3) is 5.91 Å². The first-order valence-electron chi connectivity index (χ1n) is 7.02. The summed E-state index contributed by atoms with van der Waals surface area (Å²) >= 11 is 0. The lowest BCUT2D eigenvalue weighted by atomic mass is 10.2. The highest BCUT2D eigenvalue weighted by Gasteiger charge is 2.13. The van der Waals surface area contributed by atoms with Gasteiger partial charge < -0.3 is 4.74 Å². The topological polar surface area (TPSA) is 50.7 Å². The number of nitrogens with one attached hydrogen (secondary N) is 1. The Morgan fingerprint density at radius 1 is 1.09 bits per heavy atom. The second kappa shape index (κ2) is 8.42. The number of para-hydroxylation sites is 1. The minimum Gasteiger partial charge on any atom is -0.481 e. The average Bonchev–Trinajstić information content (AvgIpc) is 2.56. The van der Waals surface area contributed by atoms with Gasteiger partial charge in [-0.15, -0.1) is 0 Å². The van der Waals surface area contributed by atoms with Gasteiger partial charge in [0, 0.05) is 6.21 Å². The van der Waals surface area contributed by atoms with Gasteiger partial charge in [-0.1, -0.05) is 54.6 Å². The van der Waals surface area contributed by atoms with Crippen molar-refractivity contribution >= 4 is 18.2 Å². The van der Waals surface area contributed by atoms with E-state index in [-0.39, 0.29) is 5.91 Å². The number of amides is 1. The number of carbonyl (C=O) groups is 1. The summed E-state index contributed by atoms with van der Waals surface area (Å²) < 4.78 is 5.50. The molecule has 2 rings (SSSR count). The van der Waals surface area contributed by atoms with Crippen molar-refractivity contribution in [2.75, 3.05) is 0 Å². The predicted octanol–water partition coefficient (Wildman–Crippen LogP) is 3.27. The summed E-state index contributed by atoms with van der Waals surface area (Å²) in [5.41, 5.74) is 3.51. The molecule has 112 valence electrons. The SMILES string of the molecule is C[C@@H](Oc1ccccc1)C(=O)N/N=C/C=C/c1ccccc1. The fourth-order valence-electron chi connectivity index (χ4n) is 1.71. The summed E-state index contributed by atoms with van der Waals surface area (Å²) in [4.78, 5) is 11.8. The van der Waals surface area contributed by atoms with Crippen LogP contribution in [0, 0.1) is 0 Å². The maximum absolute atomic E-state index is 11.8. The van der Waals surface area contributed by atoms with Gasteiger partial charge in [-0.25, -0.2) is 5.43 Å². The maximum Gasteiger partial charge on any atom is 0.280 e. The molecule has 2 aromatic carbocycles. The Morgan fingerprint density at radius 2 is 1.73 bits per heavy atom. The Morgan fingerprint density at radius 3 is 2.41 bits per heavy atom. The van der Waals surface area contributed by atoms with Crippen LogP contribution in [0.15, 0.2) is 71.8 Å². The quantitative estimate of drug-likeness (QED) is 0.656. The van der Waals surface area contributed by atoms with Crippen LogP contribution in [0.3, 0.4) is 0 Å². The molecule has 0 heterocycles. The molecule has 0 fully saturated rings. The molecule has 0 unspecified atom stereocenters. The molecule has 22 heavy (non-hydrogen) atoms. The lowest BCUT2D eigenvalue weighted by Crippen LogP contribution is -2.33. The number of hydrogen-bond acceptors (Lipinski definition) is 3. The van der Waals surface area contributed by atoms with Gasteiger partial charge in [-0.05, 0) is 30.7 Å². The summed E-state index contributed by atoms with van der Waals surface area (Å²) in [6.45, 7) is 1.68. The Kier molecular flexibility index (Phi) is 5.93. The average molecular weight is 294 g/mol. The second-order valence-electron chi connectivity index (χ2n) is 4.60. The van der Waals surface area contributed by atoms with E-state index in [1.807, 2.05) is 54.6 Å². The highest BCUT2D eigenvalue weighted by molar-refractivity contribution is 5.83. The van der Waals surface area contributed by atoms with Gasteiger partial charge in [-0.2, -0.15) is 5.10 Å². The standard InChI is InChI=1S/C18H18N2O2/c1-15(22-17-12-6-3-7-13-17)18(21)20-19-14-8-11-16-9-4-2-5-10-16/h2-15H,1H3,(H,20,21)/b11-8+,19-14+/t15-/m1/s1. The van der Waals surface area contributed by atoms with Gasteiger partial charge >= 0.3 is 0 Å². The maximum atomic E-state index is 11.8. The molecule has 4 heteroatoms. The number of nitrogens with zero attached hydrogens (tertiary/aromatic N) is 1. The van der Waals surface area contributed by atoms with Crippen molar-refractivity contribution in [2.45, 2.75) is 13.0 Å². The van der Waals surface area contributed by atoms with Crippen molar-refractivity contribution in [1.29, 1.82) is 0 Å². The van der Waals surface area contributed by atoms with Crippen LogP contribution in [-0.4, -0.2) is 18.2 Å². The summed E-state index contributed by atoms with van der Waals surface area (Å²) in [5.74, 6) is 0.353. The normalized spacial score (nSPS) is 12.4. The zero-order valence-corrected chi connectivity index (χ0v) is 12.3. The minimum atomic E-state index is -0.613. The minimum absolute atomic E-state index is 0.298. The van der Waals surface area contributed by atoms with Crippen LogP contribution in [-0.2, 0) is 4.79 Å². The van der Waals surface area contributed by atoms with Gasteiger partial charge in [0.15, 0.2) is 6.10 Å². The van der Waals surface area contributed by atoms with E-state index >= 15 is 0 Å². The summed E-state index contributed by atoms with van der Waals surface area (Å²) in [7, 11) is 0. The fraction of sp³-hybridized carbons (Fsp3) is 0.111. The molecular formula is C18H18N2O2. The van der Waals surface area contributed by atoms with Crippen LogP contribution in [0.1, 0.15) is 12.5 Å². The Bertz CT molecular complexity index is 637. The van der Waals surface area contributed by atoms with Crippen molar-refractivity contribution in [1.82, 2.24) is 5.43 Å². The Balaban J connectivity index is 1.77. The third-order valence-electron chi connectivity index (χ3n) is 2.85. The van der Waals surface area contributed by atoms with Crippen molar-refractivity contribution in [3.63, 3.8) is 0 Å². The number of ether oxygens (including phenoxy) is 1. The molecule has 0 aromatic heterocycles. The lowest BCUT2D eigenvalue weighted by molar-refractivity contribution is -0.127. The predicted molar refractivity (Wildman–Crippen MR) is 88.6 cm³/mol. The van der Waals surface area contributed by atoms with Gasteiger partial charge in [0.2, 0.25) is 0 Å². The summed E-state index contributed by atoms with van der Waals surface area (Å²) in [6, 6.07) is 19.0. The monoisotopic (exact) mass is 294 g/mol. The van der Waals surface area contributed by atoms with Crippen molar-refractivity contribution in [3.8, 4) is 5.75 Å². The molecule has 0 saturated heterocycles. The van der Waals surface area contributed by atoms with Gasteiger partial charge in [0.1, 0.15) is 5.75 Å². The molecule has 0 spiro atoms. The van der Waals surface area contributed by atoms with Crippen LogP contribution < -0.4 is 10.2 Å². The zero-order chi connectivity index (χ0) is 15.6. The van der Waals surface area contributed by atoms with E-state index < -0.39 is 6.10 Å². The molecule has 0 saturated carbocycles. The van der Waals surface area contributed by atoms with Crippen LogP contribution in [0.2, 0.25) is 0 Å². The van der Waals surface area contributed by atoms with E-state index in [0.29, 0.717) is 5.75 Å². The molecule has 1 atom stereocenters. The highest BCUT2D eigenvalue weighted by atomic mass is 16.5. The first-order chi connectivity index (χ1) is 10.8. The Labute approximate surface area is 130 Å². The number of hydrazone groups is 1. The number of benzene rings is 2. The molecule has 0 radical (unpaired) electrons. The van der Waals surface area contributed by atoms with E-state index in [1.54, 1.807) is 25.1 Å². The Hall–Kier alpha value is -2.88. The third-order valence-corrected chi connectivity index (χ3v) is 2.85. The lowest BCUT2D eigenvalue weighted by Gasteiger charge is -2.12. The van der Waals surface area contributed by atoms with E-state index in [4.69, 9.17) is 4.74 Å². The fourth-order valence-corrected chi connectivity index (χ4v) is 1.71. The van der Waals surface area contributed by atoms with Crippen molar-refractivity contribution in [2.24, 2.45) is 5.10 Å². The molecule has 0 aliphatic heterocycles. The van der Waals surface area contributed by atoms with Crippen molar-refractivity contribution in [3.05, 3.63) is 72.3 Å². The second-order valence-corrected chi connectivity index (χ2v) is 4.60. The molecule has 1 N–H and O–H groups in total. The molecular weight excluding hydrogens is 276 g/mol. The molecule has 0 aliphatic carbocycles. The molecule has 1 amide bonds. The number of carbonyl (C=O) groups excluding carboxylic acids is 1. The highest BCUT2D eigenvalue weighted by Crippen LogP contribution is 2.10. The molecule has 0 bridgehead atoms. The van der Waals surface area contributed by atoms with Crippen LogP contribution in [0.25, 0.3) is 6.08 Å². The van der Waals surface area contributed by atoms with E-state index in [1.165, 1.54) is 6.21 Å². The van der Waals surface area contributed by atoms with Gasteiger partial charge in [0.05, 0.1) is 0 Å². The summed E-state index contributed by atoms with van der Waals surface area (Å²) in [5, 5.41) is 3.86. The van der Waals surface area contributed by atoms with E-state index in [0.717, 1.165) is 5.56 Å². The van der Waals surface area contributed by atoms with Crippen molar-refractivity contribution < 1.29 is 9.53 Å². The van der Waals surface area contributed by atoms with Crippen LogP contribution >= 0.6 is 0 Å². The van der Waals surface area contributed by atoms with E-state index in [2.05, 4.69) is 10.5 Å². The van der Waals surface area contributed by atoms with Gasteiger partial charge in [-0.3, -0.25) is 4.79 Å². The third kappa shape index (κ3) is 5.25. The summed E-state index contributed by atoms with van der Waals surface area (Å²) in [6.07, 6.45) is 4.58. The van der Waals surface area contributed by atoms with Crippen LogP contribution in [0.5, 0.6) is 5.75 Å². The first-order valence-corrected chi connectivity index (χ1v) is 7.02. The largest absolute Gasteiger partial charge is 0.481 e. The molecule has 4 nitrogen and oxygen atoms in total. The zero-order valence-electron chi connectivity index (χ0n) is 12.3. The number of hydrogen-bond donors (Lipinski definition) is 1. The molecule has 2 aromatic rings. The van der Waals surface area contributed by atoms with Crippen LogP contribution in [0.4, 0.5) is 0 Å². The molecule has 0 aliphatic rings.